The predicted molar refractivity (Wildman–Crippen MR) is 154 cm³/mol. The first-order chi connectivity index (χ1) is 17.7. The van der Waals surface area contributed by atoms with Crippen molar-refractivity contribution < 1.29 is 20.1 Å². The smallest absolute Gasteiger partial charge is 0.493 e. The molecule has 198 valence electrons. The summed E-state index contributed by atoms with van der Waals surface area (Å²) in [7, 11) is 1.95. The molecule has 6 heteroatoms. The second kappa shape index (κ2) is 13.0. The molecule has 0 atom stereocenters. The zero-order chi connectivity index (χ0) is 26.5. The van der Waals surface area contributed by atoms with Gasteiger partial charge in [-0.2, -0.15) is 28.4 Å². The van der Waals surface area contributed by atoms with Crippen molar-refractivity contribution in [3.05, 3.63) is 108 Å². The molecule has 5 nitrogen and oxygen atoms in total. The van der Waals surface area contributed by atoms with Crippen LogP contribution in [0.1, 0.15) is 61.8 Å². The number of para-hydroxylation sites is 1. The second-order valence-electron chi connectivity index (χ2n) is 10.1. The standard InChI is InChI=1S/C21H23N2.C11H13N3.Ir/c1-15(2)18-11-8-12-19(16(3)4)20(18)23-14-13-22-21(23)17-9-6-5-7-10-17;1-9-4-10(2)6-11(5-9)14-8-13(3)7-12-14;/h5-9,11-16H,1-4H3;4-5,7-8H,1-3H3;/q-1;-2;+3. The van der Waals surface area contributed by atoms with Crippen LogP contribution in [0.15, 0.2) is 72.1 Å². The fourth-order valence-corrected chi connectivity index (χ4v) is 4.50. The summed E-state index contributed by atoms with van der Waals surface area (Å²) in [6.45, 7) is 15.0. The summed E-state index contributed by atoms with van der Waals surface area (Å²) in [5.41, 5.74) is 8.35. The number of imidazole rings is 1. The van der Waals surface area contributed by atoms with Gasteiger partial charge in [0.2, 0.25) is 0 Å². The molecule has 0 spiro atoms. The van der Waals surface area contributed by atoms with Crippen molar-refractivity contribution in [3.63, 3.8) is 0 Å². The number of aromatic nitrogens is 2. The SMILES string of the molecule is CC(C)c1cccc(C(C)C)c1-n1ccnc1-c1[c-]cccc1.Cc1[c-]c(N2[CH-]N(C)C=N2)cc(C)c1.[Ir+3]. The minimum atomic E-state index is 0. The largest absolute Gasteiger partial charge is 3.00 e. The molecule has 3 aromatic carbocycles. The van der Waals surface area contributed by atoms with E-state index in [-0.39, 0.29) is 20.1 Å². The number of anilines is 1. The van der Waals surface area contributed by atoms with Crippen LogP contribution >= 0.6 is 0 Å². The Kier molecular flexibility index (Phi) is 10.1. The van der Waals surface area contributed by atoms with E-state index in [0.29, 0.717) is 11.8 Å². The molecule has 0 saturated carbocycles. The fourth-order valence-electron chi connectivity index (χ4n) is 4.50. The Morgan fingerprint density at radius 1 is 0.921 bits per heavy atom. The number of benzene rings is 3. The summed E-state index contributed by atoms with van der Waals surface area (Å²) in [5, 5.41) is 6.04. The number of nitrogens with zero attached hydrogens (tertiary/aromatic N) is 5. The average molecular weight is 683 g/mol. The topological polar surface area (TPSA) is 36.7 Å². The van der Waals surface area contributed by atoms with E-state index < -0.39 is 0 Å². The van der Waals surface area contributed by atoms with Gasteiger partial charge in [0.25, 0.3) is 0 Å². The molecule has 0 N–H and O–H groups in total. The molecule has 5 rings (SSSR count). The summed E-state index contributed by atoms with van der Waals surface area (Å²) in [5.74, 6) is 1.86. The molecule has 1 aliphatic heterocycles. The first-order valence-electron chi connectivity index (χ1n) is 12.8. The van der Waals surface area contributed by atoms with Crippen LogP contribution in [0.5, 0.6) is 0 Å². The molecular weight excluding hydrogens is 647 g/mol. The van der Waals surface area contributed by atoms with Gasteiger partial charge in [-0.25, -0.2) is 0 Å². The maximum Gasteiger partial charge on any atom is 3.00 e. The number of aryl methyl sites for hydroxylation is 2. The summed E-state index contributed by atoms with van der Waals surface area (Å²) in [6, 6.07) is 25.4. The van der Waals surface area contributed by atoms with Crippen molar-refractivity contribution >= 4 is 12.0 Å². The van der Waals surface area contributed by atoms with Crippen LogP contribution in [0, 0.1) is 32.6 Å². The molecule has 1 aromatic heterocycles. The fraction of sp³-hybridized carbons (Fsp3) is 0.281. The van der Waals surface area contributed by atoms with Crippen molar-refractivity contribution in [3.8, 4) is 17.1 Å². The number of hydrogen-bond donors (Lipinski definition) is 0. The van der Waals surface area contributed by atoms with E-state index in [2.05, 4.69) is 104 Å². The molecule has 1 aliphatic rings. The van der Waals surface area contributed by atoms with Crippen LogP contribution in [-0.4, -0.2) is 27.8 Å². The van der Waals surface area contributed by atoms with E-state index in [4.69, 9.17) is 0 Å². The van der Waals surface area contributed by atoms with Crippen molar-refractivity contribution in [1.29, 1.82) is 0 Å². The summed E-state index contributed by atoms with van der Waals surface area (Å²) >= 11 is 0. The molecule has 2 heterocycles. The molecule has 0 saturated heterocycles. The van der Waals surface area contributed by atoms with Crippen LogP contribution < -0.4 is 5.01 Å². The monoisotopic (exact) mass is 683 g/mol. The maximum atomic E-state index is 4.60. The van der Waals surface area contributed by atoms with Gasteiger partial charge in [-0.3, -0.25) is 4.98 Å². The van der Waals surface area contributed by atoms with Crippen molar-refractivity contribution in [2.24, 2.45) is 5.10 Å². The maximum absolute atomic E-state index is 4.60. The first kappa shape index (κ1) is 29.3. The summed E-state index contributed by atoms with van der Waals surface area (Å²) < 4.78 is 2.22. The van der Waals surface area contributed by atoms with Crippen LogP contribution in [0.25, 0.3) is 17.1 Å². The molecule has 0 radical (unpaired) electrons. The number of rotatable bonds is 5. The van der Waals surface area contributed by atoms with E-state index in [9.17, 15) is 0 Å². The van der Waals surface area contributed by atoms with Gasteiger partial charge in [0, 0.05) is 18.1 Å². The zero-order valence-corrected chi connectivity index (χ0v) is 25.6. The van der Waals surface area contributed by atoms with Crippen LogP contribution in [-0.2, 0) is 20.1 Å². The molecule has 38 heavy (non-hydrogen) atoms. The number of hydrazone groups is 1. The van der Waals surface area contributed by atoms with Gasteiger partial charge in [-0.15, -0.1) is 48.6 Å². The van der Waals surface area contributed by atoms with E-state index >= 15 is 0 Å². The molecule has 0 aliphatic carbocycles. The molecular formula is C32H36IrN5. The Morgan fingerprint density at radius 2 is 1.63 bits per heavy atom. The average Bonchev–Trinajstić information content (AvgIpc) is 3.53. The Morgan fingerprint density at radius 3 is 2.18 bits per heavy atom. The second-order valence-corrected chi connectivity index (χ2v) is 10.1. The Labute approximate surface area is 241 Å². The third-order valence-corrected chi connectivity index (χ3v) is 6.20. The summed E-state index contributed by atoms with van der Waals surface area (Å²) in [6.07, 6.45) is 5.70. The summed E-state index contributed by atoms with van der Waals surface area (Å²) in [4.78, 5) is 6.50. The predicted octanol–water partition coefficient (Wildman–Crippen LogP) is 7.50. The Hall–Kier alpha value is -3.21. The van der Waals surface area contributed by atoms with Gasteiger partial charge in [0.15, 0.2) is 0 Å². The van der Waals surface area contributed by atoms with E-state index in [1.54, 1.807) is 6.34 Å². The number of hydrogen-bond acceptors (Lipinski definition) is 4. The van der Waals surface area contributed by atoms with Gasteiger partial charge in [0.1, 0.15) is 0 Å². The van der Waals surface area contributed by atoms with Gasteiger partial charge >= 0.3 is 20.1 Å². The van der Waals surface area contributed by atoms with Gasteiger partial charge in [-0.05, 0) is 30.0 Å². The van der Waals surface area contributed by atoms with E-state index in [0.717, 1.165) is 22.6 Å². The molecule has 4 aromatic rings. The van der Waals surface area contributed by atoms with Gasteiger partial charge < -0.3 is 14.5 Å². The zero-order valence-electron chi connectivity index (χ0n) is 23.2. The van der Waals surface area contributed by atoms with Gasteiger partial charge in [0.05, 0.1) is 12.2 Å². The first-order valence-corrected chi connectivity index (χ1v) is 12.8. The quantitative estimate of drug-likeness (QED) is 0.205. The van der Waals surface area contributed by atoms with Crippen molar-refractivity contribution in [1.82, 2.24) is 14.5 Å². The van der Waals surface area contributed by atoms with Crippen molar-refractivity contribution in [2.75, 3.05) is 12.1 Å². The third-order valence-electron chi connectivity index (χ3n) is 6.20. The third kappa shape index (κ3) is 6.80. The van der Waals surface area contributed by atoms with Crippen LogP contribution in [0.4, 0.5) is 5.69 Å². The minimum Gasteiger partial charge on any atom is -0.493 e. The normalized spacial score (nSPS) is 12.6. The van der Waals surface area contributed by atoms with E-state index in [1.807, 2.05) is 54.9 Å². The van der Waals surface area contributed by atoms with E-state index in [1.165, 1.54) is 22.4 Å². The molecule has 0 fully saturated rings. The molecule has 0 amide bonds. The molecule has 0 bridgehead atoms. The Bertz CT molecular complexity index is 1310. The van der Waals surface area contributed by atoms with Gasteiger partial charge in [-0.1, -0.05) is 65.4 Å². The van der Waals surface area contributed by atoms with Crippen molar-refractivity contribution in [2.45, 2.75) is 53.4 Å². The van der Waals surface area contributed by atoms with Crippen LogP contribution in [0.3, 0.4) is 0 Å². The van der Waals surface area contributed by atoms with Crippen LogP contribution in [0.2, 0.25) is 0 Å². The Balaban J connectivity index is 0.000000229. The minimum absolute atomic E-state index is 0. The molecule has 0 unspecified atom stereocenters.